The Morgan fingerprint density at radius 1 is 0.203 bits per heavy atom. The highest BCUT2D eigenvalue weighted by molar-refractivity contribution is 6.10. The molecular formula is C62H42N2. The fraction of sp³-hybridized carbons (Fsp3) is 0. The van der Waals surface area contributed by atoms with E-state index in [9.17, 15) is 0 Å². The minimum absolute atomic E-state index is 1.11. The van der Waals surface area contributed by atoms with Crippen LogP contribution in [-0.4, -0.2) is 0 Å². The van der Waals surface area contributed by atoms with Crippen LogP contribution in [0.3, 0.4) is 0 Å². The minimum Gasteiger partial charge on any atom is -0.310 e. The Bertz CT molecular complexity index is 3410. The van der Waals surface area contributed by atoms with Gasteiger partial charge in [0.2, 0.25) is 0 Å². The second-order valence-electron chi connectivity index (χ2n) is 16.5. The average molecular weight is 815 g/mol. The Hall–Kier alpha value is -8.46. The zero-order chi connectivity index (χ0) is 42.4. The van der Waals surface area contributed by atoms with Gasteiger partial charge < -0.3 is 9.80 Å². The molecule has 0 bridgehead atoms. The first-order valence-electron chi connectivity index (χ1n) is 22.0. The van der Waals surface area contributed by atoms with Crippen LogP contribution in [0.5, 0.6) is 0 Å². The second kappa shape index (κ2) is 15.8. The van der Waals surface area contributed by atoms with Crippen LogP contribution in [0.2, 0.25) is 0 Å². The van der Waals surface area contributed by atoms with Gasteiger partial charge in [0, 0.05) is 34.1 Å². The fourth-order valence-corrected chi connectivity index (χ4v) is 9.73. The van der Waals surface area contributed by atoms with Crippen LogP contribution in [0.25, 0.3) is 76.1 Å². The standard InChI is InChI=1S/C62H42N2/c1-3-17-50(18-4-1)63(54-37-39-58-48(41-54)27-25-43-13-7-9-21-56(43)58)52-33-29-45(30-34-52)60-23-11-15-47-16-12-24-61(62(47)60)46-31-35-53(36-32-46)64(51-19-5-2-6-20-51)55-38-40-59-49(42-55)28-26-44-14-8-10-22-57(44)59/h1-42H. The number of hydrogen-bond donors (Lipinski definition) is 0. The maximum Gasteiger partial charge on any atom is 0.0468 e. The van der Waals surface area contributed by atoms with E-state index < -0.39 is 0 Å². The summed E-state index contributed by atoms with van der Waals surface area (Å²) in [6.07, 6.45) is 0. The quantitative estimate of drug-likeness (QED) is 0.141. The molecule has 0 radical (unpaired) electrons. The predicted octanol–water partition coefficient (Wildman–Crippen LogP) is 17.7. The van der Waals surface area contributed by atoms with E-state index in [1.54, 1.807) is 0 Å². The molecule has 0 aliphatic carbocycles. The summed E-state index contributed by atoms with van der Waals surface area (Å²) in [5, 5.41) is 12.5. The molecule has 0 N–H and O–H groups in total. The average Bonchev–Trinajstić information content (AvgIpc) is 3.37. The first-order chi connectivity index (χ1) is 31.7. The topological polar surface area (TPSA) is 6.48 Å². The lowest BCUT2D eigenvalue weighted by Crippen LogP contribution is -2.09. The van der Waals surface area contributed by atoms with Crippen molar-refractivity contribution in [3.8, 4) is 22.3 Å². The molecule has 0 aliphatic rings. The zero-order valence-corrected chi connectivity index (χ0v) is 35.1. The number of rotatable bonds is 8. The van der Waals surface area contributed by atoms with Crippen LogP contribution >= 0.6 is 0 Å². The summed E-state index contributed by atoms with van der Waals surface area (Å²) in [7, 11) is 0. The molecule has 0 saturated heterocycles. The molecule has 0 fully saturated rings. The first-order valence-corrected chi connectivity index (χ1v) is 22.0. The Morgan fingerprint density at radius 2 is 0.547 bits per heavy atom. The van der Waals surface area contributed by atoms with Gasteiger partial charge in [-0.2, -0.15) is 0 Å². The molecule has 12 aromatic rings. The molecule has 0 aromatic heterocycles. The van der Waals surface area contributed by atoms with E-state index in [1.165, 1.54) is 76.1 Å². The Balaban J connectivity index is 0.911. The summed E-state index contributed by atoms with van der Waals surface area (Å²) >= 11 is 0. The second-order valence-corrected chi connectivity index (χ2v) is 16.5. The molecule has 0 heterocycles. The highest BCUT2D eigenvalue weighted by Gasteiger charge is 2.18. The van der Waals surface area contributed by atoms with Gasteiger partial charge in [-0.1, -0.05) is 182 Å². The highest BCUT2D eigenvalue weighted by Crippen LogP contribution is 2.43. The van der Waals surface area contributed by atoms with Crippen LogP contribution in [0, 0.1) is 0 Å². The number of hydrogen-bond acceptors (Lipinski definition) is 2. The van der Waals surface area contributed by atoms with Crippen molar-refractivity contribution in [2.75, 3.05) is 9.80 Å². The van der Waals surface area contributed by atoms with Gasteiger partial charge in [-0.25, -0.2) is 0 Å². The largest absolute Gasteiger partial charge is 0.310 e. The van der Waals surface area contributed by atoms with Crippen molar-refractivity contribution in [1.82, 2.24) is 0 Å². The molecule has 0 saturated carbocycles. The molecular weight excluding hydrogens is 773 g/mol. The third-order valence-corrected chi connectivity index (χ3v) is 12.8. The van der Waals surface area contributed by atoms with Gasteiger partial charge in [-0.15, -0.1) is 0 Å². The van der Waals surface area contributed by atoms with Crippen molar-refractivity contribution in [2.24, 2.45) is 0 Å². The molecule has 0 atom stereocenters. The zero-order valence-electron chi connectivity index (χ0n) is 35.1. The minimum atomic E-state index is 1.11. The number of benzene rings is 12. The Kier molecular flexibility index (Phi) is 9.20. The van der Waals surface area contributed by atoms with Crippen molar-refractivity contribution in [1.29, 1.82) is 0 Å². The lowest BCUT2D eigenvalue weighted by Gasteiger charge is -2.26. The van der Waals surface area contributed by atoms with Crippen molar-refractivity contribution in [2.45, 2.75) is 0 Å². The van der Waals surface area contributed by atoms with Crippen molar-refractivity contribution in [3.05, 3.63) is 255 Å². The van der Waals surface area contributed by atoms with Gasteiger partial charge in [0.15, 0.2) is 0 Å². The van der Waals surface area contributed by atoms with Gasteiger partial charge in [0.25, 0.3) is 0 Å². The van der Waals surface area contributed by atoms with Gasteiger partial charge in [-0.3, -0.25) is 0 Å². The molecule has 0 unspecified atom stereocenters. The molecule has 0 amide bonds. The number of para-hydroxylation sites is 2. The SMILES string of the molecule is c1ccc(N(c2ccc(-c3cccc4cccc(-c5ccc(N(c6ccccc6)c6ccc7c(ccc8ccccc87)c6)cc5)c34)cc2)c2ccc3c(ccc4ccccc43)c2)cc1. The summed E-state index contributed by atoms with van der Waals surface area (Å²) in [4.78, 5) is 4.71. The smallest absolute Gasteiger partial charge is 0.0468 e. The molecule has 0 spiro atoms. The molecule has 64 heavy (non-hydrogen) atoms. The summed E-state index contributed by atoms with van der Waals surface area (Å²) < 4.78 is 0. The number of fused-ring (bicyclic) bond motifs is 7. The van der Waals surface area contributed by atoms with Gasteiger partial charge in [0.05, 0.1) is 0 Å². The fourth-order valence-electron chi connectivity index (χ4n) is 9.73. The maximum absolute atomic E-state index is 2.35. The normalized spacial score (nSPS) is 11.4. The van der Waals surface area contributed by atoms with Gasteiger partial charge in [-0.05, 0) is 149 Å². The summed E-state index contributed by atoms with van der Waals surface area (Å²) in [6, 6.07) is 92.7. The van der Waals surface area contributed by atoms with Gasteiger partial charge in [0.1, 0.15) is 0 Å². The summed E-state index contributed by atoms with van der Waals surface area (Å²) in [5.41, 5.74) is 11.5. The van der Waals surface area contributed by atoms with E-state index >= 15 is 0 Å². The third-order valence-electron chi connectivity index (χ3n) is 12.8. The van der Waals surface area contributed by atoms with E-state index in [4.69, 9.17) is 0 Å². The number of anilines is 6. The van der Waals surface area contributed by atoms with Crippen LogP contribution in [0.15, 0.2) is 255 Å². The van der Waals surface area contributed by atoms with Crippen molar-refractivity contribution in [3.63, 3.8) is 0 Å². The summed E-state index contributed by atoms with van der Waals surface area (Å²) in [5.74, 6) is 0. The third kappa shape index (κ3) is 6.61. The molecule has 12 aromatic carbocycles. The molecule has 300 valence electrons. The molecule has 12 rings (SSSR count). The van der Waals surface area contributed by atoms with Crippen LogP contribution in [0.1, 0.15) is 0 Å². The first kappa shape index (κ1) is 37.3. The van der Waals surface area contributed by atoms with Crippen molar-refractivity contribution >= 4 is 88.0 Å². The Morgan fingerprint density at radius 3 is 1.00 bits per heavy atom. The van der Waals surface area contributed by atoms with E-state index in [0.717, 1.165) is 34.1 Å². The molecule has 2 heteroatoms. The van der Waals surface area contributed by atoms with Crippen molar-refractivity contribution < 1.29 is 0 Å². The van der Waals surface area contributed by atoms with Crippen LogP contribution in [-0.2, 0) is 0 Å². The van der Waals surface area contributed by atoms with E-state index in [0.29, 0.717) is 0 Å². The van der Waals surface area contributed by atoms with E-state index in [-0.39, 0.29) is 0 Å². The monoisotopic (exact) mass is 814 g/mol. The maximum atomic E-state index is 2.35. The lowest BCUT2D eigenvalue weighted by atomic mass is 9.91. The molecule has 2 nitrogen and oxygen atoms in total. The summed E-state index contributed by atoms with van der Waals surface area (Å²) in [6.45, 7) is 0. The van der Waals surface area contributed by atoms with Crippen LogP contribution < -0.4 is 9.80 Å². The van der Waals surface area contributed by atoms with E-state index in [1.807, 2.05) is 0 Å². The van der Waals surface area contributed by atoms with Gasteiger partial charge >= 0.3 is 0 Å². The van der Waals surface area contributed by atoms with Crippen LogP contribution in [0.4, 0.5) is 34.1 Å². The highest BCUT2D eigenvalue weighted by atomic mass is 15.1. The molecule has 0 aliphatic heterocycles. The number of nitrogens with zero attached hydrogens (tertiary/aromatic N) is 2. The Labute approximate surface area is 373 Å². The van der Waals surface area contributed by atoms with E-state index in [2.05, 4.69) is 265 Å². The predicted molar refractivity (Wildman–Crippen MR) is 274 cm³/mol. The lowest BCUT2D eigenvalue weighted by molar-refractivity contribution is 1.29.